The van der Waals surface area contributed by atoms with Crippen LogP contribution in [0.5, 0.6) is 5.75 Å². The number of H-pyrrole nitrogens is 1. The zero-order chi connectivity index (χ0) is 21.7. The van der Waals surface area contributed by atoms with Crippen molar-refractivity contribution in [2.45, 2.75) is 38.4 Å². The van der Waals surface area contributed by atoms with Crippen LogP contribution in [0, 0.1) is 0 Å². The number of fused-ring (bicyclic) bond motifs is 2. The van der Waals surface area contributed by atoms with E-state index >= 15 is 0 Å². The van der Waals surface area contributed by atoms with E-state index in [1.54, 1.807) is 23.0 Å². The van der Waals surface area contributed by atoms with Crippen LogP contribution in [-0.2, 0) is 13.1 Å². The van der Waals surface area contributed by atoms with Crippen LogP contribution in [-0.4, -0.2) is 57.7 Å². The highest BCUT2D eigenvalue weighted by Gasteiger charge is 2.22. The van der Waals surface area contributed by atoms with Gasteiger partial charge in [-0.3, -0.25) is 10.00 Å². The van der Waals surface area contributed by atoms with Crippen molar-refractivity contribution in [1.82, 2.24) is 39.5 Å². The number of nitrogens with zero attached hydrogens (tertiary/aromatic N) is 7. The predicted octanol–water partition coefficient (Wildman–Crippen LogP) is 3.21. The zero-order valence-corrected chi connectivity index (χ0v) is 17.8. The summed E-state index contributed by atoms with van der Waals surface area (Å²) in [6, 6.07) is 8.28. The van der Waals surface area contributed by atoms with Crippen LogP contribution in [0.15, 0.2) is 49.1 Å². The summed E-state index contributed by atoms with van der Waals surface area (Å²) in [7, 11) is 2.21. The van der Waals surface area contributed by atoms with Crippen molar-refractivity contribution in [2.75, 3.05) is 7.05 Å². The molecule has 0 unspecified atom stereocenters. The summed E-state index contributed by atoms with van der Waals surface area (Å²) < 4.78 is 3.85. The molecule has 5 aromatic rings. The van der Waals surface area contributed by atoms with Gasteiger partial charge in [0.25, 0.3) is 0 Å². The molecule has 0 spiro atoms. The summed E-state index contributed by atoms with van der Waals surface area (Å²) in [5.41, 5.74) is 5.34. The van der Waals surface area contributed by atoms with E-state index in [4.69, 9.17) is 4.98 Å². The van der Waals surface area contributed by atoms with Gasteiger partial charge in [0, 0.05) is 42.0 Å². The normalized spacial score (nSPS) is 14.6. The highest BCUT2D eigenvalue weighted by Crippen LogP contribution is 2.30. The third-order valence-corrected chi connectivity index (χ3v) is 6.37. The third-order valence-electron chi connectivity index (χ3n) is 6.37. The van der Waals surface area contributed by atoms with Gasteiger partial charge in [-0.1, -0.05) is 17.7 Å². The van der Waals surface area contributed by atoms with E-state index in [1.807, 2.05) is 12.4 Å². The van der Waals surface area contributed by atoms with E-state index in [0.717, 1.165) is 40.4 Å². The molecule has 6 rings (SSSR count). The van der Waals surface area contributed by atoms with Gasteiger partial charge in [-0.2, -0.15) is 5.10 Å². The molecule has 1 aliphatic carbocycles. The Hall–Kier alpha value is -3.72. The number of benzene rings is 1. The fourth-order valence-electron chi connectivity index (χ4n) is 4.42. The molecule has 0 atom stereocenters. The first kappa shape index (κ1) is 19.0. The molecule has 4 heterocycles. The van der Waals surface area contributed by atoms with Crippen molar-refractivity contribution in [3.05, 3.63) is 60.3 Å². The van der Waals surface area contributed by atoms with E-state index in [-0.39, 0.29) is 5.75 Å². The lowest BCUT2D eigenvalue weighted by atomic mass is 9.92. The molecule has 1 aromatic carbocycles. The fourth-order valence-corrected chi connectivity index (χ4v) is 4.42. The average Bonchev–Trinajstić information content (AvgIpc) is 3.45. The molecular weight excluding hydrogens is 404 g/mol. The summed E-state index contributed by atoms with van der Waals surface area (Å²) in [5.74, 6) is 0.158. The predicted molar refractivity (Wildman–Crippen MR) is 120 cm³/mol. The van der Waals surface area contributed by atoms with Crippen LogP contribution in [0.4, 0.5) is 0 Å². The van der Waals surface area contributed by atoms with Crippen molar-refractivity contribution >= 4 is 16.6 Å². The maximum atomic E-state index is 10.0. The Morgan fingerprint density at radius 3 is 2.94 bits per heavy atom. The summed E-state index contributed by atoms with van der Waals surface area (Å²) in [6.07, 6.45) is 11.8. The minimum absolute atomic E-state index is 0.158. The second-order valence-electron chi connectivity index (χ2n) is 8.66. The van der Waals surface area contributed by atoms with Crippen molar-refractivity contribution in [3.63, 3.8) is 0 Å². The van der Waals surface area contributed by atoms with Gasteiger partial charge in [-0.15, -0.1) is 5.10 Å². The van der Waals surface area contributed by atoms with E-state index in [9.17, 15) is 5.11 Å². The molecule has 162 valence electrons. The quantitative estimate of drug-likeness (QED) is 0.431. The number of pyridine rings is 1. The fraction of sp³-hybridized carbons (Fsp3) is 0.304. The van der Waals surface area contributed by atoms with Gasteiger partial charge >= 0.3 is 0 Å². The molecule has 2 N–H and O–H groups in total. The number of aromatic hydroxyl groups is 1. The Morgan fingerprint density at radius 1 is 1.19 bits per heavy atom. The third kappa shape index (κ3) is 3.40. The monoisotopic (exact) mass is 428 g/mol. The lowest BCUT2D eigenvalue weighted by molar-refractivity contribution is 0.152. The Kier molecular flexibility index (Phi) is 4.43. The number of phenolic OH excluding ortho intramolecular Hbond substituents is 1. The van der Waals surface area contributed by atoms with Gasteiger partial charge in [0.2, 0.25) is 0 Å². The van der Waals surface area contributed by atoms with Gasteiger partial charge in [0.1, 0.15) is 17.1 Å². The number of aromatic amines is 1. The van der Waals surface area contributed by atoms with Crippen molar-refractivity contribution in [2.24, 2.45) is 0 Å². The van der Waals surface area contributed by atoms with Crippen LogP contribution in [0.2, 0.25) is 0 Å². The molecule has 0 bridgehead atoms. The molecule has 32 heavy (non-hydrogen) atoms. The number of hydrogen-bond donors (Lipinski definition) is 2. The molecule has 0 saturated heterocycles. The maximum Gasteiger partial charge on any atom is 0.137 e. The van der Waals surface area contributed by atoms with Crippen molar-refractivity contribution in [1.29, 1.82) is 0 Å². The number of imidazole rings is 1. The minimum atomic E-state index is 0.158. The molecule has 4 aromatic heterocycles. The van der Waals surface area contributed by atoms with Crippen LogP contribution >= 0.6 is 0 Å². The molecule has 0 radical (unpaired) electrons. The molecule has 1 fully saturated rings. The lowest BCUT2D eigenvalue weighted by Gasteiger charge is -2.34. The van der Waals surface area contributed by atoms with Gasteiger partial charge in [-0.05, 0) is 37.6 Å². The standard InChI is InChI=1S/C23H24N8O/c1-29(17-3-2-4-17)10-15-5-6-23-25-16(12-30(23)11-15)13-31-14-22(27-28-31)19-7-18(32)8-21-20(19)9-24-26-21/h5-9,11-12,14,17,32H,2-4,10,13H2,1H3,(H,24,26). The zero-order valence-electron chi connectivity index (χ0n) is 17.8. The summed E-state index contributed by atoms with van der Waals surface area (Å²) in [5, 5.41) is 26.4. The second-order valence-corrected chi connectivity index (χ2v) is 8.66. The highest BCUT2D eigenvalue weighted by molar-refractivity contribution is 5.94. The number of phenols is 1. The van der Waals surface area contributed by atoms with E-state index in [0.29, 0.717) is 12.2 Å². The first-order valence-electron chi connectivity index (χ1n) is 10.9. The van der Waals surface area contributed by atoms with Gasteiger partial charge in [-0.25, -0.2) is 9.67 Å². The van der Waals surface area contributed by atoms with Gasteiger partial charge < -0.3 is 9.51 Å². The van der Waals surface area contributed by atoms with Gasteiger partial charge in [0.05, 0.1) is 30.1 Å². The number of hydrogen-bond acceptors (Lipinski definition) is 6. The average molecular weight is 429 g/mol. The number of rotatable bonds is 6. The molecule has 0 amide bonds. The Morgan fingerprint density at radius 2 is 2.09 bits per heavy atom. The lowest BCUT2D eigenvalue weighted by Crippen LogP contribution is -2.36. The van der Waals surface area contributed by atoms with E-state index in [1.165, 1.54) is 24.8 Å². The van der Waals surface area contributed by atoms with Crippen LogP contribution in [0.25, 0.3) is 27.8 Å². The van der Waals surface area contributed by atoms with E-state index in [2.05, 4.69) is 55.2 Å². The maximum absolute atomic E-state index is 10.0. The summed E-state index contributed by atoms with van der Waals surface area (Å²) in [4.78, 5) is 7.18. The number of nitrogens with one attached hydrogen (secondary N) is 1. The molecule has 9 nitrogen and oxygen atoms in total. The SMILES string of the molecule is CN(Cc1ccc2nc(Cn3cc(-c4cc(O)cc5[nH]ncc45)nn3)cn2c1)C1CCC1. The molecular formula is C23H24N8O. The van der Waals surface area contributed by atoms with Crippen molar-refractivity contribution in [3.8, 4) is 17.0 Å². The van der Waals surface area contributed by atoms with E-state index < -0.39 is 0 Å². The first-order valence-corrected chi connectivity index (χ1v) is 10.9. The second kappa shape index (κ2) is 7.45. The van der Waals surface area contributed by atoms with Crippen molar-refractivity contribution < 1.29 is 5.11 Å². The van der Waals surface area contributed by atoms with Crippen LogP contribution in [0.3, 0.4) is 0 Å². The van der Waals surface area contributed by atoms with Crippen LogP contribution < -0.4 is 0 Å². The number of aromatic nitrogens is 7. The highest BCUT2D eigenvalue weighted by atomic mass is 16.3. The smallest absolute Gasteiger partial charge is 0.137 e. The largest absolute Gasteiger partial charge is 0.508 e. The molecule has 9 heteroatoms. The summed E-state index contributed by atoms with van der Waals surface area (Å²) in [6.45, 7) is 1.46. The molecule has 1 aliphatic rings. The van der Waals surface area contributed by atoms with Gasteiger partial charge in [0.15, 0.2) is 0 Å². The topological polar surface area (TPSA) is 100 Å². The minimum Gasteiger partial charge on any atom is -0.508 e. The molecule has 1 saturated carbocycles. The summed E-state index contributed by atoms with van der Waals surface area (Å²) >= 11 is 0. The Balaban J connectivity index is 1.23. The first-order chi connectivity index (χ1) is 15.6. The Labute approximate surface area is 184 Å². The Bertz CT molecular complexity index is 1410. The van der Waals surface area contributed by atoms with Crippen LogP contribution in [0.1, 0.15) is 30.5 Å². The molecule has 0 aliphatic heterocycles.